The molecule has 3 aromatic rings. The molecule has 0 atom stereocenters. The molecule has 3 heterocycles. The summed E-state index contributed by atoms with van der Waals surface area (Å²) in [7, 11) is 0. The van der Waals surface area contributed by atoms with Crippen LogP contribution in [0.3, 0.4) is 0 Å². The number of nitrogens with one attached hydrogen (secondary N) is 1. The van der Waals surface area contributed by atoms with E-state index in [1.54, 1.807) is 11.3 Å². The number of anilines is 2. The first kappa shape index (κ1) is 24.5. The average molecular weight is 483 g/mol. The fraction of sp³-hybridized carbons (Fsp3) is 0.577. The summed E-state index contributed by atoms with van der Waals surface area (Å²) in [4.78, 5) is 22.9. The van der Waals surface area contributed by atoms with E-state index in [0.29, 0.717) is 5.91 Å². The third-order valence-corrected chi connectivity index (χ3v) is 7.49. The zero-order chi connectivity index (χ0) is 24.5. The van der Waals surface area contributed by atoms with E-state index in [9.17, 15) is 4.79 Å². The van der Waals surface area contributed by atoms with E-state index in [-0.39, 0.29) is 11.5 Å². The second-order valence-corrected chi connectivity index (χ2v) is 11.1. The van der Waals surface area contributed by atoms with Gasteiger partial charge in [0.15, 0.2) is 5.82 Å². The molecule has 0 unspecified atom stereocenters. The summed E-state index contributed by atoms with van der Waals surface area (Å²) in [6.45, 7) is 15.9. The lowest BCUT2D eigenvalue weighted by Gasteiger charge is -2.36. The Morgan fingerprint density at radius 3 is 2.26 bits per heavy atom. The number of carbonyl (C=O) groups excluding carboxylic acids is 1. The van der Waals surface area contributed by atoms with Gasteiger partial charge in [0, 0.05) is 43.2 Å². The predicted octanol–water partition coefficient (Wildman–Crippen LogP) is 5.32. The van der Waals surface area contributed by atoms with Crippen molar-refractivity contribution in [2.75, 3.05) is 36.4 Å². The number of piperazine rings is 1. The van der Waals surface area contributed by atoms with Crippen LogP contribution in [0, 0.1) is 5.92 Å². The van der Waals surface area contributed by atoms with E-state index >= 15 is 0 Å². The smallest absolute Gasteiger partial charge is 0.225 e. The maximum Gasteiger partial charge on any atom is 0.225 e. The topological polar surface area (TPSA) is 65.8 Å². The summed E-state index contributed by atoms with van der Waals surface area (Å²) in [5.74, 6) is 1.37. The fourth-order valence-corrected chi connectivity index (χ4v) is 5.40. The molecule has 1 aliphatic heterocycles. The van der Waals surface area contributed by atoms with Gasteiger partial charge in [-0.1, -0.05) is 56.4 Å². The van der Waals surface area contributed by atoms with Crippen molar-refractivity contribution in [3.8, 4) is 11.3 Å². The van der Waals surface area contributed by atoms with Crippen LogP contribution in [0.4, 0.5) is 10.9 Å². The quantitative estimate of drug-likeness (QED) is 0.494. The summed E-state index contributed by atoms with van der Waals surface area (Å²) in [5, 5.41) is 9.57. The molecule has 4 rings (SSSR count). The van der Waals surface area contributed by atoms with Crippen molar-refractivity contribution in [3.05, 3.63) is 29.8 Å². The summed E-state index contributed by atoms with van der Waals surface area (Å²) in [6, 6.07) is 8.64. The van der Waals surface area contributed by atoms with Gasteiger partial charge in [-0.3, -0.25) is 4.79 Å². The van der Waals surface area contributed by atoms with Crippen LogP contribution in [0.1, 0.15) is 59.9 Å². The maximum absolute atomic E-state index is 12.8. The molecule has 1 fully saturated rings. The number of amides is 1. The van der Waals surface area contributed by atoms with E-state index < -0.39 is 0 Å². The van der Waals surface area contributed by atoms with Crippen LogP contribution >= 0.6 is 11.3 Å². The number of aryl methyl sites for hydroxylation is 1. The van der Waals surface area contributed by atoms with Crippen LogP contribution in [0.5, 0.6) is 0 Å². The number of carbonyl (C=O) groups is 1. The second kappa shape index (κ2) is 9.94. The highest BCUT2D eigenvalue weighted by Gasteiger charge is 2.28. The molecule has 0 aliphatic carbocycles. The Morgan fingerprint density at radius 1 is 1.06 bits per heavy atom. The van der Waals surface area contributed by atoms with Gasteiger partial charge >= 0.3 is 0 Å². The largest absolute Gasteiger partial charge is 0.364 e. The molecule has 1 amide bonds. The van der Waals surface area contributed by atoms with Crippen LogP contribution in [0.25, 0.3) is 16.2 Å². The lowest BCUT2D eigenvalue weighted by molar-refractivity contribution is -0.136. The SMILES string of the molecule is CCc1ccc(-c2nc3sc(N4CCN(C(=O)C(CC)CC)CC4)nn3c2NC(C)(C)C)cc1. The van der Waals surface area contributed by atoms with Gasteiger partial charge in [-0.15, -0.1) is 5.10 Å². The molecule has 0 bridgehead atoms. The Morgan fingerprint density at radius 2 is 1.71 bits per heavy atom. The summed E-state index contributed by atoms with van der Waals surface area (Å²) in [5.41, 5.74) is 3.22. The Labute approximate surface area is 207 Å². The molecular weight excluding hydrogens is 444 g/mol. The van der Waals surface area contributed by atoms with E-state index in [1.807, 2.05) is 9.42 Å². The number of hydrogen-bond donors (Lipinski definition) is 1. The van der Waals surface area contributed by atoms with Crippen LogP contribution in [0.2, 0.25) is 0 Å². The van der Waals surface area contributed by atoms with Crippen molar-refractivity contribution in [1.29, 1.82) is 0 Å². The maximum atomic E-state index is 12.8. The molecule has 1 aromatic carbocycles. The van der Waals surface area contributed by atoms with Crippen molar-refractivity contribution in [2.45, 2.75) is 66.3 Å². The van der Waals surface area contributed by atoms with Crippen LogP contribution in [0.15, 0.2) is 24.3 Å². The van der Waals surface area contributed by atoms with Gasteiger partial charge in [-0.2, -0.15) is 4.52 Å². The molecular formula is C26H38N6OS. The first-order chi connectivity index (χ1) is 16.2. The van der Waals surface area contributed by atoms with E-state index in [2.05, 4.69) is 76.0 Å². The number of rotatable bonds is 7. The molecule has 0 spiro atoms. The fourth-order valence-electron chi connectivity index (χ4n) is 4.45. The van der Waals surface area contributed by atoms with Gasteiger partial charge in [0.2, 0.25) is 16.0 Å². The third kappa shape index (κ3) is 5.06. The van der Waals surface area contributed by atoms with Crippen molar-refractivity contribution in [1.82, 2.24) is 19.5 Å². The third-order valence-electron chi connectivity index (χ3n) is 6.52. The van der Waals surface area contributed by atoms with Crippen molar-refractivity contribution < 1.29 is 4.79 Å². The standard InChI is InChI=1S/C26H38N6OS/c1-7-18-10-12-20(13-11-18)21-22(28-26(4,5)6)32-24(27-21)34-25(29-32)31-16-14-30(15-17-31)23(33)19(8-2)9-3/h10-13,19,28H,7-9,14-17H2,1-6H3. The minimum Gasteiger partial charge on any atom is -0.364 e. The normalized spacial score (nSPS) is 14.9. The lowest BCUT2D eigenvalue weighted by atomic mass is 10.0. The number of fused-ring (bicyclic) bond motifs is 1. The first-order valence-electron chi connectivity index (χ1n) is 12.5. The minimum atomic E-state index is -0.126. The average Bonchev–Trinajstić information content (AvgIpc) is 3.38. The molecule has 1 saturated heterocycles. The van der Waals surface area contributed by atoms with Crippen LogP contribution in [-0.2, 0) is 11.2 Å². The number of aromatic nitrogens is 3. The van der Waals surface area contributed by atoms with Crippen molar-refractivity contribution in [3.63, 3.8) is 0 Å². The van der Waals surface area contributed by atoms with Gasteiger partial charge in [-0.25, -0.2) is 4.98 Å². The minimum absolute atomic E-state index is 0.126. The highest BCUT2D eigenvalue weighted by atomic mass is 32.1. The lowest BCUT2D eigenvalue weighted by Crippen LogP contribution is -2.50. The second-order valence-electron chi connectivity index (χ2n) is 10.1. The van der Waals surface area contributed by atoms with E-state index in [1.165, 1.54) is 5.56 Å². The molecule has 34 heavy (non-hydrogen) atoms. The molecule has 7 nitrogen and oxygen atoms in total. The molecule has 0 saturated carbocycles. The van der Waals surface area contributed by atoms with Gasteiger partial charge in [0.25, 0.3) is 0 Å². The molecule has 8 heteroatoms. The van der Waals surface area contributed by atoms with Gasteiger partial charge < -0.3 is 15.1 Å². The molecule has 1 N–H and O–H groups in total. The number of benzene rings is 1. The molecule has 2 aromatic heterocycles. The molecule has 1 aliphatic rings. The Bertz CT molecular complexity index is 1110. The summed E-state index contributed by atoms with van der Waals surface area (Å²) in [6.07, 6.45) is 2.84. The Balaban J connectivity index is 1.58. The zero-order valence-electron chi connectivity index (χ0n) is 21.4. The summed E-state index contributed by atoms with van der Waals surface area (Å²) < 4.78 is 1.95. The number of imidazole rings is 1. The van der Waals surface area contributed by atoms with E-state index in [4.69, 9.17) is 10.1 Å². The first-order valence-corrected chi connectivity index (χ1v) is 13.4. The van der Waals surface area contributed by atoms with Crippen LogP contribution < -0.4 is 10.2 Å². The van der Waals surface area contributed by atoms with Crippen molar-refractivity contribution >= 4 is 33.2 Å². The Kier molecular flexibility index (Phi) is 7.17. The van der Waals surface area contributed by atoms with Gasteiger partial charge in [0.05, 0.1) is 0 Å². The van der Waals surface area contributed by atoms with Crippen molar-refractivity contribution in [2.24, 2.45) is 5.92 Å². The number of nitrogens with zero attached hydrogens (tertiary/aromatic N) is 5. The highest BCUT2D eigenvalue weighted by Crippen LogP contribution is 2.35. The predicted molar refractivity (Wildman–Crippen MR) is 142 cm³/mol. The van der Waals surface area contributed by atoms with Crippen LogP contribution in [-0.4, -0.2) is 57.1 Å². The van der Waals surface area contributed by atoms with Gasteiger partial charge in [0.1, 0.15) is 5.69 Å². The Hall–Kier alpha value is -2.61. The summed E-state index contributed by atoms with van der Waals surface area (Å²) >= 11 is 1.62. The number of hydrogen-bond acceptors (Lipinski definition) is 6. The van der Waals surface area contributed by atoms with E-state index in [0.717, 1.165) is 72.6 Å². The van der Waals surface area contributed by atoms with Gasteiger partial charge in [-0.05, 0) is 45.6 Å². The highest BCUT2D eigenvalue weighted by molar-refractivity contribution is 7.20. The molecule has 0 radical (unpaired) electrons. The zero-order valence-corrected chi connectivity index (χ0v) is 22.2. The molecule has 184 valence electrons. The monoisotopic (exact) mass is 482 g/mol.